The molecule has 1 spiro atoms. The van der Waals surface area contributed by atoms with E-state index in [2.05, 4.69) is 49.2 Å². The van der Waals surface area contributed by atoms with Gasteiger partial charge in [0.1, 0.15) is 5.03 Å². The maximum absolute atomic E-state index is 6.74. The minimum atomic E-state index is 0.0997. The summed E-state index contributed by atoms with van der Waals surface area (Å²) in [5.41, 5.74) is 11.6. The molecule has 1 fully saturated rings. The number of benzene rings is 1. The number of H-pyrrole nitrogens is 1. The molecule has 0 bridgehead atoms. The Hall–Kier alpha value is -3.21. The molecule has 5 aromatic rings. The second-order valence-corrected chi connectivity index (χ2v) is 10.7. The van der Waals surface area contributed by atoms with E-state index in [-0.39, 0.29) is 11.5 Å². The summed E-state index contributed by atoms with van der Waals surface area (Å²) in [6.45, 7) is 1.80. The molecule has 0 saturated carbocycles. The van der Waals surface area contributed by atoms with E-state index in [0.29, 0.717) is 16.4 Å². The summed E-state index contributed by atoms with van der Waals surface area (Å²) >= 11 is 7.61. The molecule has 3 N–H and O–H groups in total. The van der Waals surface area contributed by atoms with Crippen LogP contribution in [0.3, 0.4) is 0 Å². The molecule has 1 aromatic carbocycles. The first kappa shape index (κ1) is 21.1. The molecule has 0 amide bonds. The number of halogens is 1. The normalized spacial score (nSPS) is 19.1. The molecular formula is C24H22ClN9S. The summed E-state index contributed by atoms with van der Waals surface area (Å²) in [5.74, 6) is 0.809. The first-order valence-electron chi connectivity index (χ1n) is 11.6. The Labute approximate surface area is 210 Å². The smallest absolute Gasteiger partial charge is 0.206 e. The zero-order valence-corrected chi connectivity index (χ0v) is 20.3. The van der Waals surface area contributed by atoms with Crippen molar-refractivity contribution in [2.75, 3.05) is 18.0 Å². The lowest BCUT2D eigenvalue weighted by Gasteiger charge is -2.42. The number of rotatable bonds is 3. The predicted molar refractivity (Wildman–Crippen MR) is 135 cm³/mol. The Kier molecular flexibility index (Phi) is 4.77. The molecule has 0 radical (unpaired) electrons. The number of fused-ring (bicyclic) bond motifs is 3. The van der Waals surface area contributed by atoms with E-state index in [9.17, 15) is 0 Å². The van der Waals surface area contributed by atoms with Crippen LogP contribution in [-0.2, 0) is 6.42 Å². The Morgan fingerprint density at radius 2 is 2.00 bits per heavy atom. The van der Waals surface area contributed by atoms with Crippen molar-refractivity contribution in [2.24, 2.45) is 11.1 Å². The first-order chi connectivity index (χ1) is 17.1. The Bertz CT molecular complexity index is 1570. The van der Waals surface area contributed by atoms with Crippen LogP contribution in [0.2, 0.25) is 5.15 Å². The Balaban J connectivity index is 1.11. The fourth-order valence-electron chi connectivity index (χ4n) is 5.48. The van der Waals surface area contributed by atoms with Gasteiger partial charge in [0, 0.05) is 31.5 Å². The van der Waals surface area contributed by atoms with Crippen molar-refractivity contribution in [2.45, 2.75) is 35.2 Å². The van der Waals surface area contributed by atoms with E-state index in [0.717, 1.165) is 53.9 Å². The van der Waals surface area contributed by atoms with Gasteiger partial charge in [-0.1, -0.05) is 47.6 Å². The third-order valence-corrected chi connectivity index (χ3v) is 8.45. The summed E-state index contributed by atoms with van der Waals surface area (Å²) in [7, 11) is 0. The number of hydrogen-bond donors (Lipinski definition) is 2. The largest absolute Gasteiger partial charge is 0.342 e. The molecule has 1 aliphatic carbocycles. The van der Waals surface area contributed by atoms with Crippen LogP contribution in [0.25, 0.3) is 16.9 Å². The number of hydrogen-bond acceptors (Lipinski definition) is 8. The number of piperidine rings is 1. The zero-order valence-electron chi connectivity index (χ0n) is 18.7. The van der Waals surface area contributed by atoms with Gasteiger partial charge in [0.05, 0.1) is 11.1 Å². The number of anilines is 1. The van der Waals surface area contributed by atoms with Crippen LogP contribution in [0, 0.1) is 5.41 Å². The van der Waals surface area contributed by atoms with Crippen LogP contribution >= 0.6 is 23.4 Å². The number of nitrogens with one attached hydrogen (secondary N) is 1. The van der Waals surface area contributed by atoms with Crippen LogP contribution in [-0.4, -0.2) is 47.6 Å². The highest BCUT2D eigenvalue weighted by molar-refractivity contribution is 7.99. The van der Waals surface area contributed by atoms with E-state index >= 15 is 0 Å². The van der Waals surface area contributed by atoms with Gasteiger partial charge in [0.15, 0.2) is 22.1 Å². The lowest BCUT2D eigenvalue weighted by atomic mass is 9.73. The van der Waals surface area contributed by atoms with Gasteiger partial charge >= 0.3 is 0 Å². The van der Waals surface area contributed by atoms with Gasteiger partial charge in [-0.15, -0.1) is 0 Å². The van der Waals surface area contributed by atoms with Crippen molar-refractivity contribution in [1.29, 1.82) is 0 Å². The Morgan fingerprint density at radius 3 is 2.86 bits per heavy atom. The fourth-order valence-corrected chi connectivity index (χ4v) is 6.60. The molecule has 4 aromatic heterocycles. The van der Waals surface area contributed by atoms with Crippen LogP contribution in [0.15, 0.2) is 58.8 Å². The van der Waals surface area contributed by atoms with Crippen LogP contribution in [0.5, 0.6) is 0 Å². The van der Waals surface area contributed by atoms with Gasteiger partial charge < -0.3 is 15.6 Å². The highest BCUT2D eigenvalue weighted by Gasteiger charge is 2.46. The van der Waals surface area contributed by atoms with Crippen molar-refractivity contribution < 1.29 is 0 Å². The average molecular weight is 504 g/mol. The summed E-state index contributed by atoms with van der Waals surface area (Å²) in [5, 5.41) is 5.33. The second-order valence-electron chi connectivity index (χ2n) is 9.27. The summed E-state index contributed by atoms with van der Waals surface area (Å²) in [6.07, 6.45) is 8.32. The molecule has 1 saturated heterocycles. The molecule has 11 heteroatoms. The van der Waals surface area contributed by atoms with Crippen LogP contribution < -0.4 is 10.6 Å². The highest BCUT2D eigenvalue weighted by atomic mass is 35.5. The molecule has 0 unspecified atom stereocenters. The highest BCUT2D eigenvalue weighted by Crippen LogP contribution is 2.50. The summed E-state index contributed by atoms with van der Waals surface area (Å²) < 4.78 is 1.65. The summed E-state index contributed by atoms with van der Waals surface area (Å²) in [6, 6.07) is 10.5. The fraction of sp³-hybridized carbons (Fsp3) is 0.292. The van der Waals surface area contributed by atoms with Gasteiger partial charge in [0.25, 0.3) is 0 Å². The molecule has 176 valence electrons. The van der Waals surface area contributed by atoms with Crippen molar-refractivity contribution in [3.05, 3.63) is 65.2 Å². The molecule has 1 aliphatic heterocycles. The van der Waals surface area contributed by atoms with Gasteiger partial charge in [0.2, 0.25) is 5.95 Å². The van der Waals surface area contributed by atoms with E-state index in [1.807, 2.05) is 0 Å². The van der Waals surface area contributed by atoms with Crippen molar-refractivity contribution >= 4 is 46.3 Å². The zero-order chi connectivity index (χ0) is 23.6. The second kappa shape index (κ2) is 7.91. The monoisotopic (exact) mass is 503 g/mol. The number of imidazole rings is 2. The molecular weight excluding hydrogens is 482 g/mol. The minimum Gasteiger partial charge on any atom is -0.342 e. The Morgan fingerprint density at radius 1 is 1.14 bits per heavy atom. The standard InChI is InChI=1S/C24H22ClN9S/c25-17-11-16(22-27-7-10-34(22)32-17)35-18-13-28-20-21(29-18)31-23(30-20)33-8-5-24(6-9-33)12-14-3-1-2-4-15(14)19(24)26/h1-4,7,10-11,13,19H,5-6,8-9,12,26H2,(H,28,29,30,31)/t19-/m1/s1. The number of aromatic amines is 1. The number of nitrogens with two attached hydrogens (primary N) is 1. The molecule has 9 nitrogen and oxygen atoms in total. The number of aromatic nitrogens is 7. The van der Waals surface area contributed by atoms with E-state index < -0.39 is 0 Å². The SMILES string of the molecule is N[C@@H]1c2ccccc2CC12CCN(c1nc3nc(Sc4cc(Cl)nn5ccnc45)cnc3[nH]1)CC2. The van der Waals surface area contributed by atoms with Gasteiger partial charge in [-0.25, -0.2) is 19.5 Å². The lowest BCUT2D eigenvalue weighted by Crippen LogP contribution is -2.44. The van der Waals surface area contributed by atoms with Gasteiger partial charge in [-0.2, -0.15) is 10.1 Å². The van der Waals surface area contributed by atoms with Crippen molar-refractivity contribution in [3.63, 3.8) is 0 Å². The van der Waals surface area contributed by atoms with E-state index in [4.69, 9.17) is 27.3 Å². The van der Waals surface area contributed by atoms with Gasteiger partial charge in [-0.3, -0.25) is 0 Å². The minimum absolute atomic E-state index is 0.0997. The molecule has 7 rings (SSSR count). The summed E-state index contributed by atoms with van der Waals surface area (Å²) in [4.78, 5) is 24.9. The molecule has 5 heterocycles. The topological polar surface area (TPSA) is 114 Å². The first-order valence-corrected chi connectivity index (χ1v) is 12.8. The van der Waals surface area contributed by atoms with Crippen LogP contribution in [0.1, 0.15) is 30.0 Å². The maximum atomic E-state index is 6.74. The molecule has 1 atom stereocenters. The predicted octanol–water partition coefficient (Wildman–Crippen LogP) is 4.04. The third kappa shape index (κ3) is 3.47. The average Bonchev–Trinajstić information content (AvgIpc) is 3.57. The third-order valence-electron chi connectivity index (χ3n) is 7.34. The molecule has 35 heavy (non-hydrogen) atoms. The molecule has 2 aliphatic rings. The number of nitrogens with zero attached hydrogens (tertiary/aromatic N) is 7. The van der Waals surface area contributed by atoms with E-state index in [1.54, 1.807) is 29.2 Å². The van der Waals surface area contributed by atoms with Crippen molar-refractivity contribution in [1.82, 2.24) is 34.5 Å². The van der Waals surface area contributed by atoms with Gasteiger partial charge in [-0.05, 0) is 41.9 Å². The van der Waals surface area contributed by atoms with Crippen molar-refractivity contribution in [3.8, 4) is 0 Å². The quantitative estimate of drug-likeness (QED) is 0.379. The maximum Gasteiger partial charge on any atom is 0.206 e. The van der Waals surface area contributed by atoms with Crippen LogP contribution in [0.4, 0.5) is 5.95 Å². The lowest BCUT2D eigenvalue weighted by molar-refractivity contribution is 0.187. The van der Waals surface area contributed by atoms with E-state index in [1.165, 1.54) is 22.9 Å².